The molecule has 0 aliphatic carbocycles. The van der Waals surface area contributed by atoms with Crippen molar-refractivity contribution in [1.82, 2.24) is 9.38 Å². The van der Waals surface area contributed by atoms with Gasteiger partial charge in [0.2, 0.25) is 0 Å². The largest absolute Gasteiger partial charge is 0.478 e. The average molecular weight is 527 g/mol. The molecule has 2 fully saturated rings. The third-order valence-corrected chi connectivity index (χ3v) is 8.65. The number of nitrogens with two attached hydrogens (primary N) is 1. The molecule has 3 aliphatic rings. The Labute approximate surface area is 223 Å². The van der Waals surface area contributed by atoms with E-state index in [1.54, 1.807) is 0 Å². The van der Waals surface area contributed by atoms with Crippen molar-refractivity contribution < 1.29 is 23.2 Å². The molecule has 9 nitrogen and oxygen atoms in total. The second-order valence-corrected chi connectivity index (χ2v) is 11.4. The first kappa shape index (κ1) is 26.4. The van der Waals surface area contributed by atoms with E-state index in [9.17, 15) is 14.0 Å². The first-order valence-electron chi connectivity index (χ1n) is 13.4. The Bertz CT molecular complexity index is 1200. The van der Waals surface area contributed by atoms with E-state index in [0.717, 1.165) is 56.2 Å². The van der Waals surface area contributed by atoms with E-state index in [2.05, 4.69) is 29.2 Å². The number of primary amides is 1. The lowest BCUT2D eigenvalue weighted by Gasteiger charge is -2.43. The molecule has 2 aromatic carbocycles. The van der Waals surface area contributed by atoms with Gasteiger partial charge in [0.15, 0.2) is 6.10 Å². The number of piperazine rings is 2. The van der Waals surface area contributed by atoms with Crippen LogP contribution < -0.4 is 25.2 Å². The van der Waals surface area contributed by atoms with Gasteiger partial charge in [-0.1, -0.05) is 0 Å². The SMILES string of the molecule is CN1CCN(c2cc(F)cc3c2OC(C(=O)Nc2ccc([N+]4(C)CC[N+](C)(C(N)=O)CC4)cc2)CC3)CC1. The van der Waals surface area contributed by atoms with Gasteiger partial charge in [-0.05, 0) is 43.7 Å². The molecule has 2 aromatic rings. The van der Waals surface area contributed by atoms with Gasteiger partial charge in [0, 0.05) is 50.1 Å². The summed E-state index contributed by atoms with van der Waals surface area (Å²) < 4.78 is 21.6. The number of quaternary nitrogens is 2. The van der Waals surface area contributed by atoms with E-state index in [0.29, 0.717) is 41.9 Å². The first-order valence-corrected chi connectivity index (χ1v) is 13.4. The fraction of sp³-hybridized carbons (Fsp3) is 0.500. The van der Waals surface area contributed by atoms with Gasteiger partial charge in [0.1, 0.15) is 43.4 Å². The molecular weight excluding hydrogens is 487 g/mol. The number of hydrogen-bond donors (Lipinski definition) is 2. The molecule has 10 heteroatoms. The molecule has 38 heavy (non-hydrogen) atoms. The molecule has 0 bridgehead atoms. The van der Waals surface area contributed by atoms with Crippen LogP contribution in [0.3, 0.4) is 0 Å². The van der Waals surface area contributed by atoms with Gasteiger partial charge in [0.05, 0.1) is 19.8 Å². The summed E-state index contributed by atoms with van der Waals surface area (Å²) in [6.07, 6.45) is 0.437. The second kappa shape index (κ2) is 10.2. The molecule has 0 spiro atoms. The van der Waals surface area contributed by atoms with Crippen LogP contribution in [0.15, 0.2) is 36.4 Å². The normalized spacial score (nSPS) is 27.8. The van der Waals surface area contributed by atoms with Gasteiger partial charge < -0.3 is 25.6 Å². The second-order valence-electron chi connectivity index (χ2n) is 11.4. The lowest BCUT2D eigenvalue weighted by atomic mass is 9.99. The Morgan fingerprint density at radius 1 is 1.03 bits per heavy atom. The lowest BCUT2D eigenvalue weighted by molar-refractivity contribution is -0.833. The van der Waals surface area contributed by atoms with Gasteiger partial charge in [-0.3, -0.25) is 9.28 Å². The zero-order chi connectivity index (χ0) is 27.1. The van der Waals surface area contributed by atoms with Gasteiger partial charge in [-0.15, -0.1) is 0 Å². The molecule has 3 aliphatic heterocycles. The fourth-order valence-electron chi connectivity index (χ4n) is 5.62. The summed E-state index contributed by atoms with van der Waals surface area (Å²) in [7, 11) is 6.13. The Kier molecular flexibility index (Phi) is 7.06. The van der Waals surface area contributed by atoms with Crippen LogP contribution >= 0.6 is 0 Å². The van der Waals surface area contributed by atoms with E-state index in [4.69, 9.17) is 10.5 Å². The Balaban J connectivity index is 1.25. The van der Waals surface area contributed by atoms with E-state index in [-0.39, 0.29) is 22.2 Å². The highest BCUT2D eigenvalue weighted by Gasteiger charge is 2.42. The number of ether oxygens (including phenoxy) is 1. The summed E-state index contributed by atoms with van der Waals surface area (Å²) in [6.45, 7) is 6.34. The number of aryl methyl sites for hydroxylation is 1. The van der Waals surface area contributed by atoms with E-state index >= 15 is 0 Å². The van der Waals surface area contributed by atoms with Crippen molar-refractivity contribution in [3.05, 3.63) is 47.8 Å². The number of benzene rings is 2. The highest BCUT2D eigenvalue weighted by molar-refractivity contribution is 5.95. The summed E-state index contributed by atoms with van der Waals surface area (Å²) in [5.74, 6) is 0.152. The molecule has 2 saturated heterocycles. The minimum atomic E-state index is -0.644. The quantitative estimate of drug-likeness (QED) is 0.598. The average Bonchev–Trinajstić information content (AvgIpc) is 2.90. The maximum Gasteiger partial charge on any atom is 0.414 e. The van der Waals surface area contributed by atoms with Crippen LogP contribution in [0, 0.1) is 5.82 Å². The number of likely N-dealkylation sites (N-methyl/N-ethyl adjacent to an activating group) is 3. The smallest absolute Gasteiger partial charge is 0.414 e. The maximum absolute atomic E-state index is 14.4. The van der Waals surface area contributed by atoms with Crippen LogP contribution in [0.5, 0.6) is 5.75 Å². The number of urea groups is 1. The molecule has 3 N–H and O–H groups in total. The lowest BCUT2D eigenvalue weighted by Crippen LogP contribution is -2.67. The van der Waals surface area contributed by atoms with Crippen LogP contribution in [0.1, 0.15) is 12.0 Å². The third-order valence-electron chi connectivity index (χ3n) is 8.65. The molecule has 5 rings (SSSR count). The number of carbonyl (C=O) groups is 2. The molecule has 3 heterocycles. The van der Waals surface area contributed by atoms with E-state index < -0.39 is 6.10 Å². The first-order chi connectivity index (χ1) is 18.1. The number of hydrogen-bond acceptors (Lipinski definition) is 5. The monoisotopic (exact) mass is 526 g/mol. The van der Waals surface area contributed by atoms with Crippen LogP contribution in [0.25, 0.3) is 0 Å². The molecule has 0 aromatic heterocycles. The maximum atomic E-state index is 14.4. The minimum absolute atomic E-state index is 0.204. The van der Waals surface area contributed by atoms with Gasteiger partial charge in [-0.2, -0.15) is 0 Å². The molecule has 204 valence electrons. The number of nitrogens with one attached hydrogen (secondary N) is 1. The summed E-state index contributed by atoms with van der Waals surface area (Å²) in [5, 5.41) is 3.00. The summed E-state index contributed by atoms with van der Waals surface area (Å²) in [4.78, 5) is 29.4. The fourth-order valence-corrected chi connectivity index (χ4v) is 5.62. The predicted molar refractivity (Wildman–Crippen MR) is 147 cm³/mol. The van der Waals surface area contributed by atoms with Crippen LogP contribution in [0.2, 0.25) is 0 Å². The number of halogens is 1. The van der Waals surface area contributed by atoms with Crippen LogP contribution in [-0.2, 0) is 11.2 Å². The molecule has 0 saturated carbocycles. The summed E-state index contributed by atoms with van der Waals surface area (Å²) in [5.41, 5.74) is 8.98. The highest BCUT2D eigenvalue weighted by atomic mass is 19.1. The van der Waals surface area contributed by atoms with Crippen molar-refractivity contribution in [1.29, 1.82) is 0 Å². The van der Waals surface area contributed by atoms with Crippen LogP contribution in [-0.4, -0.2) is 101 Å². The number of amides is 3. The summed E-state index contributed by atoms with van der Waals surface area (Å²) in [6, 6.07) is 10.6. The van der Waals surface area contributed by atoms with E-state index in [1.165, 1.54) is 12.1 Å². The Hall–Kier alpha value is -3.21. The number of carbonyl (C=O) groups excluding carboxylic acids is 2. The molecule has 1 unspecified atom stereocenters. The Morgan fingerprint density at radius 3 is 2.32 bits per heavy atom. The van der Waals surface area contributed by atoms with Crippen molar-refractivity contribution in [2.24, 2.45) is 5.73 Å². The summed E-state index contributed by atoms with van der Waals surface area (Å²) >= 11 is 0. The zero-order valence-corrected chi connectivity index (χ0v) is 22.6. The minimum Gasteiger partial charge on any atom is -0.478 e. The number of rotatable bonds is 4. The number of nitrogens with zero attached hydrogens (tertiary/aromatic N) is 4. The number of anilines is 2. The zero-order valence-electron chi connectivity index (χ0n) is 22.6. The van der Waals surface area contributed by atoms with E-state index in [1.807, 2.05) is 31.3 Å². The Morgan fingerprint density at radius 2 is 1.68 bits per heavy atom. The predicted octanol–water partition coefficient (Wildman–Crippen LogP) is 2.39. The van der Waals surface area contributed by atoms with Gasteiger partial charge in [-0.25, -0.2) is 13.7 Å². The van der Waals surface area contributed by atoms with Gasteiger partial charge in [0.25, 0.3) is 5.91 Å². The van der Waals surface area contributed by atoms with Crippen LogP contribution in [0.4, 0.5) is 26.2 Å². The number of fused-ring (bicyclic) bond motifs is 1. The topological polar surface area (TPSA) is 87.9 Å². The molecule has 3 amide bonds. The molecule has 0 radical (unpaired) electrons. The highest BCUT2D eigenvalue weighted by Crippen LogP contribution is 2.39. The standard InChI is InChI=1S/C28H37FN6O3/c1-32-10-12-33(13-11-32)24-19-21(29)18-20-4-9-25(38-26(20)24)27(36)31-22-5-7-23(8-6-22)34(2)14-16-35(3,17-15-34)28(30)37/h5-8,18-19,25H,4,9-17H2,1-3H3,(H-2,30,31,36,37)/p+2. The van der Waals surface area contributed by atoms with Crippen molar-refractivity contribution in [2.45, 2.75) is 18.9 Å². The van der Waals surface area contributed by atoms with Crippen molar-refractivity contribution in [2.75, 3.05) is 83.7 Å². The van der Waals surface area contributed by atoms with Gasteiger partial charge >= 0.3 is 6.03 Å². The molecule has 1 atom stereocenters. The third kappa shape index (κ3) is 5.21. The molecular formula is C28H39FN6O3+2. The van der Waals surface area contributed by atoms with Crippen molar-refractivity contribution >= 4 is 29.0 Å². The van der Waals surface area contributed by atoms with Crippen molar-refractivity contribution in [3.63, 3.8) is 0 Å². The van der Waals surface area contributed by atoms with Crippen molar-refractivity contribution in [3.8, 4) is 5.75 Å².